The van der Waals surface area contributed by atoms with Gasteiger partial charge in [0, 0.05) is 30.1 Å². The van der Waals surface area contributed by atoms with Crippen molar-refractivity contribution in [2.24, 2.45) is 5.92 Å². The predicted molar refractivity (Wildman–Crippen MR) is 133 cm³/mol. The Bertz CT molecular complexity index is 1120. The first-order valence-electron chi connectivity index (χ1n) is 11.3. The van der Waals surface area contributed by atoms with Crippen LogP contribution in [0, 0.1) is 19.8 Å². The van der Waals surface area contributed by atoms with E-state index in [1.165, 1.54) is 21.6 Å². The molecule has 1 aliphatic rings. The molecule has 170 valence electrons. The number of thiophene rings is 1. The molecule has 7 heteroatoms. The monoisotopic (exact) mass is 451 g/mol. The highest BCUT2D eigenvalue weighted by Gasteiger charge is 2.30. The fraction of sp³-hybridized carbons (Fsp3) is 0.480. The van der Waals surface area contributed by atoms with Crippen molar-refractivity contribution in [2.75, 3.05) is 39.5 Å². The number of aryl methyl sites for hydroxylation is 3. The number of hydrogen-bond acceptors (Lipinski definition) is 6. The number of aromatic nitrogens is 2. The first-order valence-corrected chi connectivity index (χ1v) is 12.1. The number of benzene rings is 1. The van der Waals surface area contributed by atoms with Gasteiger partial charge in [-0.1, -0.05) is 6.07 Å². The second kappa shape index (κ2) is 9.55. The Balaban J connectivity index is 1.53. The fourth-order valence-electron chi connectivity index (χ4n) is 4.42. The number of carbonyl (C=O) groups excluding carboxylic acids is 1. The third kappa shape index (κ3) is 4.79. The number of nitrogens with zero attached hydrogens (tertiary/aromatic N) is 4. The van der Waals surface area contributed by atoms with Gasteiger partial charge in [0.25, 0.3) is 0 Å². The summed E-state index contributed by atoms with van der Waals surface area (Å²) in [7, 11) is 6.07. The number of amides is 1. The van der Waals surface area contributed by atoms with E-state index in [4.69, 9.17) is 0 Å². The summed E-state index contributed by atoms with van der Waals surface area (Å²) >= 11 is 1.72. The molecular weight excluding hydrogens is 418 g/mol. The molecule has 3 aromatic rings. The summed E-state index contributed by atoms with van der Waals surface area (Å²) in [6.45, 7) is 6.05. The normalized spacial score (nSPS) is 15.8. The van der Waals surface area contributed by atoms with Gasteiger partial charge in [-0.3, -0.25) is 4.79 Å². The molecule has 1 atom stereocenters. The van der Waals surface area contributed by atoms with E-state index in [-0.39, 0.29) is 11.8 Å². The van der Waals surface area contributed by atoms with Crippen LogP contribution in [0.5, 0.6) is 0 Å². The van der Waals surface area contributed by atoms with Crippen LogP contribution in [0.25, 0.3) is 10.2 Å². The van der Waals surface area contributed by atoms with Crippen molar-refractivity contribution in [3.63, 3.8) is 0 Å². The van der Waals surface area contributed by atoms with Crippen LogP contribution in [-0.4, -0.2) is 59.9 Å². The molecule has 4 rings (SSSR count). The number of anilines is 2. The topological polar surface area (TPSA) is 61.4 Å². The Labute approximate surface area is 194 Å². The van der Waals surface area contributed by atoms with Gasteiger partial charge in [0.15, 0.2) is 0 Å². The molecule has 6 nitrogen and oxygen atoms in total. The zero-order chi connectivity index (χ0) is 22.8. The molecule has 1 aliphatic carbocycles. The van der Waals surface area contributed by atoms with Gasteiger partial charge in [-0.15, -0.1) is 11.3 Å². The zero-order valence-electron chi connectivity index (χ0n) is 19.7. The van der Waals surface area contributed by atoms with E-state index in [1.54, 1.807) is 17.7 Å². The SMILES string of the molecule is Cc1ccc(Nc2ncnc3sc4c(c23)CCC(C(=O)N(C)CCCN(C)C)C4)cc1C. The van der Waals surface area contributed by atoms with E-state index in [1.807, 2.05) is 11.9 Å². The summed E-state index contributed by atoms with van der Waals surface area (Å²) in [5.74, 6) is 1.19. The highest BCUT2D eigenvalue weighted by atomic mass is 32.1. The third-order valence-corrected chi connectivity index (χ3v) is 7.60. The van der Waals surface area contributed by atoms with Gasteiger partial charge in [0.05, 0.1) is 5.39 Å². The Morgan fingerprint density at radius 2 is 1.97 bits per heavy atom. The van der Waals surface area contributed by atoms with Crippen LogP contribution in [0.1, 0.15) is 34.4 Å². The molecule has 32 heavy (non-hydrogen) atoms. The molecule has 1 unspecified atom stereocenters. The number of hydrogen-bond donors (Lipinski definition) is 1. The summed E-state index contributed by atoms with van der Waals surface area (Å²) in [6.07, 6.45) is 5.21. The van der Waals surface area contributed by atoms with Crippen molar-refractivity contribution in [3.05, 3.63) is 46.1 Å². The van der Waals surface area contributed by atoms with Crippen molar-refractivity contribution in [3.8, 4) is 0 Å². The standard InChI is InChI=1S/C25H33N5OS/c1-16-7-9-19(13-17(16)2)28-23-22-20-10-8-18(14-21(20)32-24(22)27-15-26-23)25(31)30(5)12-6-11-29(3)4/h7,9,13,15,18H,6,8,10-12,14H2,1-5H3,(H,26,27,28). The molecule has 2 aromatic heterocycles. The maximum absolute atomic E-state index is 13.0. The largest absolute Gasteiger partial charge is 0.345 e. The lowest BCUT2D eigenvalue weighted by molar-refractivity contribution is -0.134. The van der Waals surface area contributed by atoms with Crippen molar-refractivity contribution < 1.29 is 4.79 Å². The van der Waals surface area contributed by atoms with Crippen LogP contribution in [0.4, 0.5) is 11.5 Å². The molecule has 0 saturated heterocycles. The maximum Gasteiger partial charge on any atom is 0.225 e. The van der Waals surface area contributed by atoms with E-state index in [0.29, 0.717) is 0 Å². The minimum atomic E-state index is 0.0593. The summed E-state index contributed by atoms with van der Waals surface area (Å²) < 4.78 is 0. The van der Waals surface area contributed by atoms with Crippen LogP contribution in [0.3, 0.4) is 0 Å². The maximum atomic E-state index is 13.0. The summed E-state index contributed by atoms with van der Waals surface area (Å²) in [5, 5.41) is 4.63. The Morgan fingerprint density at radius 3 is 2.72 bits per heavy atom. The van der Waals surface area contributed by atoms with Gasteiger partial charge in [0.1, 0.15) is 17.0 Å². The second-order valence-corrected chi connectivity index (χ2v) is 10.3. The van der Waals surface area contributed by atoms with Gasteiger partial charge in [-0.25, -0.2) is 9.97 Å². The van der Waals surface area contributed by atoms with Gasteiger partial charge in [-0.05, 0) is 89.0 Å². The van der Waals surface area contributed by atoms with Crippen LogP contribution in [0.15, 0.2) is 24.5 Å². The highest BCUT2D eigenvalue weighted by molar-refractivity contribution is 7.19. The van der Waals surface area contributed by atoms with Crippen LogP contribution >= 0.6 is 11.3 Å². The average molecular weight is 452 g/mol. The Morgan fingerprint density at radius 1 is 1.16 bits per heavy atom. The van der Waals surface area contributed by atoms with Crippen molar-refractivity contribution in [1.82, 2.24) is 19.8 Å². The van der Waals surface area contributed by atoms with Gasteiger partial charge >= 0.3 is 0 Å². The van der Waals surface area contributed by atoms with Crippen molar-refractivity contribution in [1.29, 1.82) is 0 Å². The first kappa shape index (κ1) is 22.7. The predicted octanol–water partition coefficient (Wildman–Crippen LogP) is 4.57. The number of nitrogens with one attached hydrogen (secondary N) is 1. The van der Waals surface area contributed by atoms with E-state index in [9.17, 15) is 4.79 Å². The Hall–Kier alpha value is -2.51. The number of rotatable bonds is 7. The molecule has 1 N–H and O–H groups in total. The average Bonchev–Trinajstić information content (AvgIpc) is 3.14. The zero-order valence-corrected chi connectivity index (χ0v) is 20.6. The minimum absolute atomic E-state index is 0.0593. The minimum Gasteiger partial charge on any atom is -0.345 e. The van der Waals surface area contributed by atoms with E-state index in [2.05, 4.69) is 66.3 Å². The molecule has 1 amide bonds. The van der Waals surface area contributed by atoms with E-state index in [0.717, 1.165) is 60.5 Å². The molecule has 0 aliphatic heterocycles. The molecule has 0 saturated carbocycles. The highest BCUT2D eigenvalue weighted by Crippen LogP contribution is 2.40. The summed E-state index contributed by atoms with van der Waals surface area (Å²) in [4.78, 5) is 28.5. The second-order valence-electron chi connectivity index (χ2n) is 9.19. The fourth-order valence-corrected chi connectivity index (χ4v) is 5.68. The molecular formula is C25H33N5OS. The summed E-state index contributed by atoms with van der Waals surface area (Å²) in [5.41, 5.74) is 4.88. The number of fused-ring (bicyclic) bond motifs is 3. The quantitative estimate of drug-likeness (QED) is 0.570. The molecule has 0 radical (unpaired) electrons. The first-order chi connectivity index (χ1) is 15.3. The lowest BCUT2D eigenvalue weighted by Gasteiger charge is -2.27. The van der Waals surface area contributed by atoms with Crippen LogP contribution in [-0.2, 0) is 17.6 Å². The lowest BCUT2D eigenvalue weighted by atomic mass is 9.87. The number of carbonyl (C=O) groups is 1. The summed E-state index contributed by atoms with van der Waals surface area (Å²) in [6, 6.07) is 6.38. The van der Waals surface area contributed by atoms with Crippen molar-refractivity contribution in [2.45, 2.75) is 39.5 Å². The van der Waals surface area contributed by atoms with E-state index < -0.39 is 0 Å². The lowest BCUT2D eigenvalue weighted by Crippen LogP contribution is -2.36. The molecule has 2 heterocycles. The van der Waals surface area contributed by atoms with Gasteiger partial charge < -0.3 is 15.1 Å². The Kier molecular flexibility index (Phi) is 6.76. The van der Waals surface area contributed by atoms with Crippen LogP contribution in [0.2, 0.25) is 0 Å². The molecule has 0 spiro atoms. The van der Waals surface area contributed by atoms with Gasteiger partial charge in [0.2, 0.25) is 5.91 Å². The molecule has 1 aromatic carbocycles. The van der Waals surface area contributed by atoms with Crippen LogP contribution < -0.4 is 5.32 Å². The molecule has 0 fully saturated rings. The smallest absolute Gasteiger partial charge is 0.225 e. The molecule has 0 bridgehead atoms. The van der Waals surface area contributed by atoms with Gasteiger partial charge in [-0.2, -0.15) is 0 Å². The van der Waals surface area contributed by atoms with E-state index >= 15 is 0 Å². The third-order valence-electron chi connectivity index (χ3n) is 6.44. The van der Waals surface area contributed by atoms with Crippen molar-refractivity contribution >= 4 is 39.0 Å².